The minimum Gasteiger partial charge on any atom is -0.496 e. The Morgan fingerprint density at radius 3 is 2.44 bits per heavy atom. The third-order valence-corrected chi connectivity index (χ3v) is 3.81. The summed E-state index contributed by atoms with van der Waals surface area (Å²) in [5, 5.41) is 2.64. The van der Waals surface area contributed by atoms with Gasteiger partial charge in [0.2, 0.25) is 5.91 Å². The van der Waals surface area contributed by atoms with Gasteiger partial charge >= 0.3 is 17.8 Å². The van der Waals surface area contributed by atoms with Gasteiger partial charge in [0.15, 0.2) is 0 Å². The lowest BCUT2D eigenvalue weighted by atomic mass is 10.1. The van der Waals surface area contributed by atoms with Crippen LogP contribution in [0, 0.1) is 0 Å². The van der Waals surface area contributed by atoms with Crippen LogP contribution in [-0.4, -0.2) is 59.8 Å². The summed E-state index contributed by atoms with van der Waals surface area (Å²) in [5.41, 5.74) is 0.930. The molecule has 1 heterocycles. The zero-order chi connectivity index (χ0) is 18.6. The monoisotopic (exact) mass is 347 g/mol. The van der Waals surface area contributed by atoms with Gasteiger partial charge in [0, 0.05) is 12.6 Å². The van der Waals surface area contributed by atoms with Crippen molar-refractivity contribution >= 4 is 23.8 Å². The zero-order valence-electron chi connectivity index (χ0n) is 14.4. The normalized spacial score (nSPS) is 14.5. The minimum atomic E-state index is -0.974. The van der Waals surface area contributed by atoms with Crippen LogP contribution in [0.2, 0.25) is 0 Å². The van der Waals surface area contributed by atoms with E-state index in [0.717, 1.165) is 16.2 Å². The van der Waals surface area contributed by atoms with Crippen molar-refractivity contribution < 1.29 is 23.9 Å². The van der Waals surface area contributed by atoms with E-state index in [1.165, 1.54) is 0 Å². The molecular weight excluding hydrogens is 326 g/mol. The fraction of sp³-hybridized carbons (Fsp3) is 0.412. The first-order valence-electron chi connectivity index (χ1n) is 7.94. The van der Waals surface area contributed by atoms with E-state index in [9.17, 15) is 19.2 Å². The van der Waals surface area contributed by atoms with Crippen LogP contribution in [0.25, 0.3) is 0 Å². The predicted molar refractivity (Wildman–Crippen MR) is 88.8 cm³/mol. The number of para-hydroxylation sites is 1. The molecule has 0 unspecified atom stereocenters. The number of amides is 5. The number of nitrogens with zero attached hydrogens (tertiary/aromatic N) is 2. The molecule has 0 spiro atoms. The fourth-order valence-electron chi connectivity index (χ4n) is 2.56. The summed E-state index contributed by atoms with van der Waals surface area (Å²) < 4.78 is 5.23. The van der Waals surface area contributed by atoms with Gasteiger partial charge in [0.1, 0.15) is 12.3 Å². The predicted octanol–water partition coefficient (Wildman–Crippen LogP) is 0.553. The molecule has 0 aliphatic carbocycles. The Morgan fingerprint density at radius 2 is 1.84 bits per heavy atom. The Morgan fingerprint density at radius 1 is 1.16 bits per heavy atom. The average Bonchev–Trinajstić information content (AvgIpc) is 2.78. The second kappa shape index (κ2) is 7.78. The van der Waals surface area contributed by atoms with Crippen LogP contribution in [0.15, 0.2) is 24.3 Å². The van der Waals surface area contributed by atoms with Crippen LogP contribution in [-0.2, 0) is 20.8 Å². The molecule has 0 radical (unpaired) electrons. The molecule has 1 aliphatic heterocycles. The molecule has 1 aromatic carbocycles. The van der Waals surface area contributed by atoms with Crippen molar-refractivity contribution in [1.29, 1.82) is 0 Å². The Bertz CT molecular complexity index is 701. The standard InChI is InChI=1S/C17H21N3O5/c1-11(2)20-16(23)15(22)19(17(20)24)10-14(21)18-9-8-12-6-4-5-7-13(12)25-3/h4-7,11H,8-10H2,1-3H3,(H,18,21). The Kier molecular flexibility index (Phi) is 5.74. The van der Waals surface area contributed by atoms with E-state index < -0.39 is 36.3 Å². The second-order valence-electron chi connectivity index (χ2n) is 5.85. The quantitative estimate of drug-likeness (QED) is 0.574. The molecule has 134 valence electrons. The molecule has 8 nitrogen and oxygen atoms in total. The van der Waals surface area contributed by atoms with E-state index in [0.29, 0.717) is 17.9 Å². The number of carbonyl (C=O) groups excluding carboxylic acids is 4. The molecule has 0 aromatic heterocycles. The van der Waals surface area contributed by atoms with Crippen LogP contribution < -0.4 is 10.1 Å². The van der Waals surface area contributed by atoms with Crippen molar-refractivity contribution in [3.63, 3.8) is 0 Å². The van der Waals surface area contributed by atoms with E-state index in [1.54, 1.807) is 21.0 Å². The molecule has 8 heteroatoms. The summed E-state index contributed by atoms with van der Waals surface area (Å²) in [7, 11) is 1.57. The van der Waals surface area contributed by atoms with Crippen LogP contribution in [0.3, 0.4) is 0 Å². The molecule has 1 N–H and O–H groups in total. The van der Waals surface area contributed by atoms with Crippen molar-refractivity contribution in [3.05, 3.63) is 29.8 Å². The summed E-state index contributed by atoms with van der Waals surface area (Å²) in [6.07, 6.45) is 0.536. The number of nitrogens with one attached hydrogen (secondary N) is 1. The summed E-state index contributed by atoms with van der Waals surface area (Å²) in [6, 6.07) is 6.23. The van der Waals surface area contributed by atoms with Crippen molar-refractivity contribution in [2.45, 2.75) is 26.3 Å². The molecule has 25 heavy (non-hydrogen) atoms. The van der Waals surface area contributed by atoms with Crippen LogP contribution in [0.4, 0.5) is 4.79 Å². The molecule has 1 aliphatic rings. The van der Waals surface area contributed by atoms with Gasteiger partial charge in [-0.3, -0.25) is 19.3 Å². The highest BCUT2D eigenvalue weighted by Crippen LogP contribution is 2.17. The highest BCUT2D eigenvalue weighted by Gasteiger charge is 2.46. The lowest BCUT2D eigenvalue weighted by molar-refractivity contribution is -0.144. The van der Waals surface area contributed by atoms with Crippen LogP contribution in [0.5, 0.6) is 5.75 Å². The second-order valence-corrected chi connectivity index (χ2v) is 5.85. The van der Waals surface area contributed by atoms with E-state index >= 15 is 0 Å². The average molecular weight is 347 g/mol. The van der Waals surface area contributed by atoms with E-state index in [2.05, 4.69) is 5.32 Å². The zero-order valence-corrected chi connectivity index (χ0v) is 14.4. The molecule has 5 amide bonds. The molecule has 1 fully saturated rings. The molecule has 0 saturated carbocycles. The van der Waals surface area contributed by atoms with Gasteiger partial charge in [-0.25, -0.2) is 9.69 Å². The smallest absolute Gasteiger partial charge is 0.334 e. The van der Waals surface area contributed by atoms with E-state index in [4.69, 9.17) is 4.74 Å². The summed E-state index contributed by atoms with van der Waals surface area (Å²) in [4.78, 5) is 49.3. The molecular formula is C17H21N3O5. The first-order valence-corrected chi connectivity index (χ1v) is 7.94. The number of benzene rings is 1. The van der Waals surface area contributed by atoms with Gasteiger partial charge in [-0.05, 0) is 31.9 Å². The maximum atomic E-state index is 12.1. The summed E-state index contributed by atoms with van der Waals surface area (Å²) in [5.74, 6) is -1.66. The third kappa shape index (κ3) is 3.96. The Labute approximate surface area is 145 Å². The van der Waals surface area contributed by atoms with Crippen LogP contribution in [0.1, 0.15) is 19.4 Å². The van der Waals surface area contributed by atoms with Crippen molar-refractivity contribution in [1.82, 2.24) is 15.1 Å². The number of methoxy groups -OCH3 is 1. The molecule has 2 rings (SSSR count). The summed E-state index contributed by atoms with van der Waals surface area (Å²) >= 11 is 0. The topological polar surface area (TPSA) is 96.0 Å². The largest absolute Gasteiger partial charge is 0.496 e. The lowest BCUT2D eigenvalue weighted by Gasteiger charge is -2.18. The lowest BCUT2D eigenvalue weighted by Crippen LogP contribution is -2.42. The van der Waals surface area contributed by atoms with Crippen molar-refractivity contribution in [2.75, 3.05) is 20.2 Å². The molecule has 1 aromatic rings. The number of hydrogen-bond acceptors (Lipinski definition) is 5. The fourth-order valence-corrected chi connectivity index (χ4v) is 2.56. The van der Waals surface area contributed by atoms with Crippen molar-refractivity contribution in [3.8, 4) is 5.75 Å². The van der Waals surface area contributed by atoms with E-state index in [-0.39, 0.29) is 0 Å². The number of carbonyl (C=O) groups is 4. The highest BCUT2D eigenvalue weighted by molar-refractivity contribution is 6.45. The molecule has 0 bridgehead atoms. The van der Waals surface area contributed by atoms with Gasteiger partial charge in [-0.1, -0.05) is 18.2 Å². The van der Waals surface area contributed by atoms with Gasteiger partial charge in [0.25, 0.3) is 0 Å². The van der Waals surface area contributed by atoms with Gasteiger partial charge in [0.05, 0.1) is 7.11 Å². The van der Waals surface area contributed by atoms with Crippen LogP contribution >= 0.6 is 0 Å². The molecule has 1 saturated heterocycles. The number of urea groups is 1. The number of rotatable bonds is 7. The Balaban J connectivity index is 1.89. The van der Waals surface area contributed by atoms with E-state index in [1.807, 2.05) is 24.3 Å². The number of hydrogen-bond donors (Lipinski definition) is 1. The van der Waals surface area contributed by atoms with Gasteiger partial charge in [-0.15, -0.1) is 0 Å². The summed E-state index contributed by atoms with van der Waals surface area (Å²) in [6.45, 7) is 3.09. The SMILES string of the molecule is COc1ccccc1CCNC(=O)CN1C(=O)C(=O)N(C(C)C)C1=O. The highest BCUT2D eigenvalue weighted by atomic mass is 16.5. The maximum absolute atomic E-state index is 12.1. The molecule has 0 atom stereocenters. The minimum absolute atomic E-state index is 0.317. The first kappa shape index (κ1) is 18.4. The number of imide groups is 2. The third-order valence-electron chi connectivity index (χ3n) is 3.81. The van der Waals surface area contributed by atoms with Gasteiger partial charge in [-0.2, -0.15) is 0 Å². The maximum Gasteiger partial charge on any atom is 0.334 e. The van der Waals surface area contributed by atoms with Crippen molar-refractivity contribution in [2.24, 2.45) is 0 Å². The first-order chi connectivity index (χ1) is 11.9. The Hall–Kier alpha value is -2.90. The van der Waals surface area contributed by atoms with Gasteiger partial charge < -0.3 is 10.1 Å². The number of ether oxygens (including phenoxy) is 1.